The van der Waals surface area contributed by atoms with E-state index in [-0.39, 0.29) is 28.7 Å². The monoisotopic (exact) mass is 421 g/mol. The zero-order chi connectivity index (χ0) is 21.8. The van der Waals surface area contributed by atoms with Gasteiger partial charge in [-0.05, 0) is 56.4 Å². The van der Waals surface area contributed by atoms with Crippen molar-refractivity contribution in [2.75, 3.05) is 19.7 Å². The van der Waals surface area contributed by atoms with E-state index in [2.05, 4.69) is 45.5 Å². The van der Waals surface area contributed by atoms with Crippen molar-refractivity contribution in [3.63, 3.8) is 0 Å². The van der Waals surface area contributed by atoms with Crippen LogP contribution >= 0.6 is 0 Å². The number of nitrogens with zero attached hydrogens (tertiary/aromatic N) is 1. The number of rotatable bonds is 5. The minimum atomic E-state index is -0.334. The zero-order valence-electron chi connectivity index (χ0n) is 18.3. The van der Waals surface area contributed by atoms with Gasteiger partial charge in [-0.3, -0.25) is 14.5 Å². The molecule has 2 aromatic rings. The molecule has 0 saturated carbocycles. The lowest BCUT2D eigenvalue weighted by Gasteiger charge is -2.35. The van der Waals surface area contributed by atoms with Gasteiger partial charge >= 0.3 is 0 Å². The normalized spacial score (nSPS) is 21.4. The standard InChI is InChI=1S/C25H31N3O3/c1-25(2)16-20(12-15-31-25)26-23(29)22-9-8-21(27-24(22)30)17-28-13-10-19(11-14-28)18-6-4-3-5-7-18/h3-10,20H,11-17H2,1-2H3,(H,26,29)(H,27,30)/t20-/m0/s1. The van der Waals surface area contributed by atoms with Crippen molar-refractivity contribution in [1.82, 2.24) is 15.2 Å². The summed E-state index contributed by atoms with van der Waals surface area (Å²) in [7, 11) is 0. The first-order valence-corrected chi connectivity index (χ1v) is 11.0. The molecule has 31 heavy (non-hydrogen) atoms. The summed E-state index contributed by atoms with van der Waals surface area (Å²) in [6.45, 7) is 7.09. The Kier molecular flexibility index (Phi) is 6.39. The number of amides is 1. The van der Waals surface area contributed by atoms with Gasteiger partial charge in [-0.1, -0.05) is 36.4 Å². The van der Waals surface area contributed by atoms with Crippen LogP contribution in [0.5, 0.6) is 0 Å². The third-order valence-electron chi connectivity index (χ3n) is 6.08. The second-order valence-corrected chi connectivity index (χ2v) is 9.08. The summed E-state index contributed by atoms with van der Waals surface area (Å²) in [4.78, 5) is 30.4. The number of carbonyl (C=O) groups is 1. The van der Waals surface area contributed by atoms with Gasteiger partial charge < -0.3 is 15.0 Å². The van der Waals surface area contributed by atoms with Crippen molar-refractivity contribution in [2.45, 2.75) is 51.3 Å². The number of H-pyrrole nitrogens is 1. The quantitative estimate of drug-likeness (QED) is 0.777. The molecule has 164 valence electrons. The third kappa shape index (κ3) is 5.51. The van der Waals surface area contributed by atoms with Crippen LogP contribution in [0.1, 0.15) is 54.7 Å². The molecule has 0 radical (unpaired) electrons. The molecule has 1 amide bonds. The molecule has 2 N–H and O–H groups in total. The fourth-order valence-electron chi connectivity index (χ4n) is 4.41. The summed E-state index contributed by atoms with van der Waals surface area (Å²) in [6, 6.07) is 14.0. The van der Waals surface area contributed by atoms with E-state index in [9.17, 15) is 9.59 Å². The predicted octanol–water partition coefficient (Wildman–Crippen LogP) is 3.35. The van der Waals surface area contributed by atoms with Crippen molar-refractivity contribution in [1.29, 1.82) is 0 Å². The SMILES string of the molecule is CC1(C)C[C@@H](NC(=O)c2ccc(CN3CC=C(c4ccccc4)CC3)[nH]c2=O)CCO1. The summed E-state index contributed by atoms with van der Waals surface area (Å²) in [5.41, 5.74) is 3.05. The number of pyridine rings is 1. The average molecular weight is 422 g/mol. The summed E-state index contributed by atoms with van der Waals surface area (Å²) >= 11 is 0. The smallest absolute Gasteiger partial charge is 0.261 e. The molecule has 2 aliphatic heterocycles. The van der Waals surface area contributed by atoms with Gasteiger partial charge in [-0.15, -0.1) is 0 Å². The largest absolute Gasteiger partial charge is 0.375 e. The maximum Gasteiger partial charge on any atom is 0.261 e. The van der Waals surface area contributed by atoms with Crippen LogP contribution in [0, 0.1) is 0 Å². The molecule has 1 fully saturated rings. The van der Waals surface area contributed by atoms with Crippen LogP contribution in [0.4, 0.5) is 0 Å². The highest BCUT2D eigenvalue weighted by Crippen LogP contribution is 2.24. The number of ether oxygens (including phenoxy) is 1. The van der Waals surface area contributed by atoms with Gasteiger partial charge in [0.15, 0.2) is 0 Å². The first-order valence-electron chi connectivity index (χ1n) is 11.0. The van der Waals surface area contributed by atoms with Gasteiger partial charge in [0.1, 0.15) is 5.56 Å². The highest BCUT2D eigenvalue weighted by Gasteiger charge is 2.30. The molecule has 0 aliphatic carbocycles. The Morgan fingerprint density at radius 3 is 2.71 bits per heavy atom. The summed E-state index contributed by atoms with van der Waals surface area (Å²) in [5, 5.41) is 3.00. The van der Waals surface area contributed by atoms with Gasteiger partial charge in [0, 0.05) is 38.0 Å². The maximum atomic E-state index is 12.6. The second kappa shape index (κ2) is 9.20. The maximum absolute atomic E-state index is 12.6. The molecule has 6 heteroatoms. The third-order valence-corrected chi connectivity index (χ3v) is 6.08. The molecule has 0 bridgehead atoms. The molecule has 1 saturated heterocycles. The van der Waals surface area contributed by atoms with Crippen LogP contribution in [0.15, 0.2) is 53.3 Å². The summed E-state index contributed by atoms with van der Waals surface area (Å²) in [6.07, 6.45) is 4.74. The van der Waals surface area contributed by atoms with E-state index < -0.39 is 0 Å². The molecule has 2 aliphatic rings. The van der Waals surface area contributed by atoms with E-state index in [1.807, 2.05) is 26.0 Å². The van der Waals surface area contributed by atoms with Crippen molar-refractivity contribution < 1.29 is 9.53 Å². The highest BCUT2D eigenvalue weighted by atomic mass is 16.5. The van der Waals surface area contributed by atoms with Gasteiger partial charge in [-0.25, -0.2) is 0 Å². The van der Waals surface area contributed by atoms with E-state index in [1.165, 1.54) is 11.1 Å². The molecule has 0 unspecified atom stereocenters. The topological polar surface area (TPSA) is 74.4 Å². The zero-order valence-corrected chi connectivity index (χ0v) is 18.3. The van der Waals surface area contributed by atoms with Crippen LogP contribution < -0.4 is 10.9 Å². The Morgan fingerprint density at radius 2 is 2.03 bits per heavy atom. The first kappa shape index (κ1) is 21.5. The number of benzene rings is 1. The van der Waals surface area contributed by atoms with Gasteiger partial charge in [0.25, 0.3) is 11.5 Å². The number of nitrogens with one attached hydrogen (secondary N) is 2. The van der Waals surface area contributed by atoms with E-state index in [0.29, 0.717) is 13.2 Å². The predicted molar refractivity (Wildman–Crippen MR) is 122 cm³/mol. The summed E-state index contributed by atoms with van der Waals surface area (Å²) in [5.74, 6) is -0.316. The molecule has 0 spiro atoms. The molecular weight excluding hydrogens is 390 g/mol. The van der Waals surface area contributed by atoms with E-state index in [1.54, 1.807) is 6.07 Å². The summed E-state index contributed by atoms with van der Waals surface area (Å²) < 4.78 is 5.70. The Labute approximate surface area is 183 Å². The second-order valence-electron chi connectivity index (χ2n) is 9.08. The van der Waals surface area contributed by atoms with Crippen molar-refractivity contribution in [3.8, 4) is 0 Å². The molecule has 3 heterocycles. The Morgan fingerprint density at radius 1 is 1.23 bits per heavy atom. The molecule has 4 rings (SSSR count). The first-order chi connectivity index (χ1) is 14.9. The number of hydrogen-bond donors (Lipinski definition) is 2. The van der Waals surface area contributed by atoms with Crippen molar-refractivity contribution >= 4 is 11.5 Å². The van der Waals surface area contributed by atoms with E-state index >= 15 is 0 Å². The fraction of sp³-hybridized carbons (Fsp3) is 0.440. The number of aromatic amines is 1. The Balaban J connectivity index is 1.35. The van der Waals surface area contributed by atoms with Crippen LogP contribution in [-0.4, -0.2) is 47.1 Å². The van der Waals surface area contributed by atoms with Crippen LogP contribution in [0.3, 0.4) is 0 Å². The van der Waals surface area contributed by atoms with Crippen LogP contribution in [0.2, 0.25) is 0 Å². The minimum Gasteiger partial charge on any atom is -0.375 e. The molecule has 1 atom stereocenters. The lowest BCUT2D eigenvalue weighted by molar-refractivity contribution is -0.0615. The van der Waals surface area contributed by atoms with E-state index in [4.69, 9.17) is 4.74 Å². The molecule has 1 aromatic carbocycles. The average Bonchev–Trinajstić information content (AvgIpc) is 2.74. The van der Waals surface area contributed by atoms with Gasteiger partial charge in [-0.2, -0.15) is 0 Å². The van der Waals surface area contributed by atoms with Crippen molar-refractivity contribution in [2.24, 2.45) is 0 Å². The van der Waals surface area contributed by atoms with Gasteiger partial charge in [0.05, 0.1) is 5.60 Å². The van der Waals surface area contributed by atoms with Crippen molar-refractivity contribution in [3.05, 3.63) is 75.7 Å². The number of carbonyl (C=O) groups excluding carboxylic acids is 1. The minimum absolute atomic E-state index is 0.0225. The highest BCUT2D eigenvalue weighted by molar-refractivity contribution is 5.94. The van der Waals surface area contributed by atoms with Crippen LogP contribution in [-0.2, 0) is 11.3 Å². The lowest BCUT2D eigenvalue weighted by Crippen LogP contribution is -2.46. The molecular formula is C25H31N3O3. The Hall–Kier alpha value is -2.70. The molecule has 1 aromatic heterocycles. The van der Waals surface area contributed by atoms with E-state index in [0.717, 1.165) is 38.0 Å². The van der Waals surface area contributed by atoms with Crippen LogP contribution in [0.25, 0.3) is 5.57 Å². The fourth-order valence-corrected chi connectivity index (χ4v) is 4.41. The Bertz CT molecular complexity index is 1010. The van der Waals surface area contributed by atoms with Gasteiger partial charge in [0.2, 0.25) is 0 Å². The number of aromatic nitrogens is 1. The number of hydrogen-bond acceptors (Lipinski definition) is 4. The lowest BCUT2D eigenvalue weighted by atomic mass is 9.94. The molecule has 6 nitrogen and oxygen atoms in total.